The van der Waals surface area contributed by atoms with Crippen molar-refractivity contribution in [2.24, 2.45) is 4.99 Å². The molecule has 1 saturated carbocycles. The number of rotatable bonds is 5. The predicted octanol–water partition coefficient (Wildman–Crippen LogP) is 2.35. The SMILES string of the molecule is CN(CCCN=C=S)C1CCCC1. The average molecular weight is 198 g/mol. The second kappa shape index (κ2) is 6.25. The number of hydrogen-bond donors (Lipinski definition) is 0. The molecule has 1 aliphatic rings. The van der Waals surface area contributed by atoms with Gasteiger partial charge in [0.05, 0.1) is 11.7 Å². The standard InChI is InChI=1S/C10H18N2S/c1-12(8-4-7-11-9-13)10-5-2-3-6-10/h10H,2-8H2,1H3. The zero-order chi connectivity index (χ0) is 9.52. The molecule has 74 valence electrons. The first-order valence-corrected chi connectivity index (χ1v) is 5.49. The average Bonchev–Trinajstić information content (AvgIpc) is 2.65. The summed E-state index contributed by atoms with van der Waals surface area (Å²) in [6.45, 7) is 1.98. The van der Waals surface area contributed by atoms with Crippen molar-refractivity contribution in [1.82, 2.24) is 4.90 Å². The highest BCUT2D eigenvalue weighted by Gasteiger charge is 2.18. The summed E-state index contributed by atoms with van der Waals surface area (Å²) >= 11 is 4.51. The number of thiocarbonyl (C=S) groups is 1. The quantitative estimate of drug-likeness (QED) is 0.383. The Labute approximate surface area is 86.0 Å². The zero-order valence-corrected chi connectivity index (χ0v) is 9.15. The maximum Gasteiger partial charge on any atom is 0.0584 e. The highest BCUT2D eigenvalue weighted by Crippen LogP contribution is 2.22. The molecule has 0 aromatic carbocycles. The van der Waals surface area contributed by atoms with Gasteiger partial charge in [-0.05, 0) is 45.1 Å². The van der Waals surface area contributed by atoms with Crippen LogP contribution in [-0.2, 0) is 0 Å². The Morgan fingerprint density at radius 3 is 2.77 bits per heavy atom. The smallest absolute Gasteiger partial charge is 0.0584 e. The predicted molar refractivity (Wildman–Crippen MR) is 59.4 cm³/mol. The van der Waals surface area contributed by atoms with E-state index in [1.165, 1.54) is 25.7 Å². The maximum absolute atomic E-state index is 4.51. The van der Waals surface area contributed by atoms with Crippen LogP contribution in [0.3, 0.4) is 0 Å². The minimum atomic E-state index is 0.830. The molecular formula is C10H18N2S. The molecule has 0 heterocycles. The summed E-state index contributed by atoms with van der Waals surface area (Å²) in [6, 6.07) is 0.830. The highest BCUT2D eigenvalue weighted by molar-refractivity contribution is 7.78. The minimum Gasteiger partial charge on any atom is -0.303 e. The topological polar surface area (TPSA) is 15.6 Å². The maximum atomic E-state index is 4.51. The number of hydrogen-bond acceptors (Lipinski definition) is 3. The molecule has 0 unspecified atom stereocenters. The Morgan fingerprint density at radius 1 is 1.46 bits per heavy atom. The van der Waals surface area contributed by atoms with Gasteiger partial charge < -0.3 is 4.90 Å². The second-order valence-electron chi connectivity index (χ2n) is 3.75. The van der Waals surface area contributed by atoms with Crippen LogP contribution in [0.25, 0.3) is 0 Å². The van der Waals surface area contributed by atoms with Crippen LogP contribution in [0.1, 0.15) is 32.1 Å². The Kier molecular flexibility index (Phi) is 5.21. The van der Waals surface area contributed by atoms with Crippen LogP contribution in [0.15, 0.2) is 4.99 Å². The van der Waals surface area contributed by atoms with Crippen molar-refractivity contribution in [2.45, 2.75) is 38.1 Å². The van der Waals surface area contributed by atoms with Crippen LogP contribution in [0.5, 0.6) is 0 Å². The van der Waals surface area contributed by atoms with E-state index in [0.29, 0.717) is 0 Å². The Morgan fingerprint density at radius 2 is 2.15 bits per heavy atom. The molecule has 0 bridgehead atoms. The zero-order valence-electron chi connectivity index (χ0n) is 8.33. The first-order valence-electron chi connectivity index (χ1n) is 5.08. The number of aliphatic imine (C=N–C) groups is 1. The van der Waals surface area contributed by atoms with Crippen molar-refractivity contribution >= 4 is 17.4 Å². The van der Waals surface area contributed by atoms with Gasteiger partial charge in [0.2, 0.25) is 0 Å². The first-order chi connectivity index (χ1) is 6.34. The molecule has 0 N–H and O–H groups in total. The van der Waals surface area contributed by atoms with E-state index in [4.69, 9.17) is 0 Å². The Hall–Kier alpha value is -0.240. The van der Waals surface area contributed by atoms with Crippen molar-refractivity contribution in [3.8, 4) is 0 Å². The lowest BCUT2D eigenvalue weighted by Crippen LogP contribution is -2.30. The van der Waals surface area contributed by atoms with E-state index < -0.39 is 0 Å². The van der Waals surface area contributed by atoms with E-state index >= 15 is 0 Å². The van der Waals surface area contributed by atoms with E-state index in [0.717, 1.165) is 25.6 Å². The van der Waals surface area contributed by atoms with E-state index in [1.807, 2.05) is 0 Å². The molecule has 0 amide bonds. The van der Waals surface area contributed by atoms with Crippen LogP contribution in [0.2, 0.25) is 0 Å². The molecule has 3 heteroatoms. The van der Waals surface area contributed by atoms with Gasteiger partial charge in [-0.2, -0.15) is 0 Å². The molecule has 0 saturated heterocycles. The van der Waals surface area contributed by atoms with Crippen LogP contribution in [0, 0.1) is 0 Å². The van der Waals surface area contributed by atoms with Gasteiger partial charge in [0.15, 0.2) is 0 Å². The van der Waals surface area contributed by atoms with Crippen molar-refractivity contribution in [2.75, 3.05) is 20.1 Å². The third-order valence-electron chi connectivity index (χ3n) is 2.79. The van der Waals surface area contributed by atoms with Crippen LogP contribution < -0.4 is 0 Å². The second-order valence-corrected chi connectivity index (χ2v) is 3.93. The molecule has 0 aliphatic heterocycles. The molecule has 1 fully saturated rings. The lowest BCUT2D eigenvalue weighted by Gasteiger charge is -2.23. The van der Waals surface area contributed by atoms with E-state index in [2.05, 4.69) is 34.3 Å². The van der Waals surface area contributed by atoms with Crippen LogP contribution >= 0.6 is 12.2 Å². The fourth-order valence-corrected chi connectivity index (χ4v) is 2.06. The fourth-order valence-electron chi connectivity index (χ4n) is 1.97. The molecule has 13 heavy (non-hydrogen) atoms. The van der Waals surface area contributed by atoms with Gasteiger partial charge in [-0.3, -0.25) is 0 Å². The molecule has 2 nitrogen and oxygen atoms in total. The number of isothiocyanates is 1. The lowest BCUT2D eigenvalue weighted by molar-refractivity contribution is 0.244. The molecule has 0 radical (unpaired) electrons. The van der Waals surface area contributed by atoms with E-state index in [9.17, 15) is 0 Å². The summed E-state index contributed by atoms with van der Waals surface area (Å²) < 4.78 is 0. The fraction of sp³-hybridized carbons (Fsp3) is 0.900. The highest BCUT2D eigenvalue weighted by atomic mass is 32.1. The summed E-state index contributed by atoms with van der Waals surface area (Å²) in [5.41, 5.74) is 0. The van der Waals surface area contributed by atoms with Gasteiger partial charge in [-0.1, -0.05) is 12.8 Å². The van der Waals surface area contributed by atoms with E-state index in [-0.39, 0.29) is 0 Å². The van der Waals surface area contributed by atoms with Gasteiger partial charge in [0, 0.05) is 6.04 Å². The van der Waals surface area contributed by atoms with Crippen molar-refractivity contribution in [3.05, 3.63) is 0 Å². The minimum absolute atomic E-state index is 0.830. The van der Waals surface area contributed by atoms with Gasteiger partial charge in [0.25, 0.3) is 0 Å². The molecule has 0 aromatic rings. The third-order valence-corrected chi connectivity index (χ3v) is 2.92. The summed E-state index contributed by atoms with van der Waals surface area (Å²) in [5.74, 6) is 0. The largest absolute Gasteiger partial charge is 0.303 e. The lowest BCUT2D eigenvalue weighted by atomic mass is 10.2. The normalized spacial score (nSPS) is 17.7. The van der Waals surface area contributed by atoms with Gasteiger partial charge in [-0.25, -0.2) is 4.99 Å². The first kappa shape index (κ1) is 10.8. The molecule has 1 rings (SSSR count). The molecule has 1 aliphatic carbocycles. The summed E-state index contributed by atoms with van der Waals surface area (Å²) in [4.78, 5) is 6.37. The summed E-state index contributed by atoms with van der Waals surface area (Å²) in [5, 5.41) is 2.40. The third kappa shape index (κ3) is 3.99. The van der Waals surface area contributed by atoms with Crippen molar-refractivity contribution < 1.29 is 0 Å². The molecular weight excluding hydrogens is 180 g/mol. The monoisotopic (exact) mass is 198 g/mol. The van der Waals surface area contributed by atoms with E-state index in [1.54, 1.807) is 0 Å². The van der Waals surface area contributed by atoms with Crippen LogP contribution in [-0.4, -0.2) is 36.2 Å². The van der Waals surface area contributed by atoms with Crippen molar-refractivity contribution in [3.63, 3.8) is 0 Å². The summed E-state index contributed by atoms with van der Waals surface area (Å²) in [7, 11) is 2.22. The molecule has 0 atom stereocenters. The van der Waals surface area contributed by atoms with Gasteiger partial charge >= 0.3 is 0 Å². The number of nitrogens with zero attached hydrogens (tertiary/aromatic N) is 2. The molecule has 0 aromatic heterocycles. The molecule has 0 spiro atoms. The summed E-state index contributed by atoms with van der Waals surface area (Å²) in [6.07, 6.45) is 6.69. The van der Waals surface area contributed by atoms with Gasteiger partial charge in [0.1, 0.15) is 0 Å². The Balaban J connectivity index is 2.09. The van der Waals surface area contributed by atoms with Crippen molar-refractivity contribution in [1.29, 1.82) is 0 Å². The van der Waals surface area contributed by atoms with Crippen LogP contribution in [0.4, 0.5) is 0 Å². The van der Waals surface area contributed by atoms with Gasteiger partial charge in [-0.15, -0.1) is 0 Å². The Bertz CT molecular complexity index is 181.